The summed E-state index contributed by atoms with van der Waals surface area (Å²) in [6, 6.07) is 0. The lowest BCUT2D eigenvalue weighted by atomic mass is 10.2. The van der Waals surface area contributed by atoms with Crippen molar-refractivity contribution in [3.05, 3.63) is 27.9 Å². The number of nitrogens with one attached hydrogen (secondary N) is 1. The van der Waals surface area contributed by atoms with Gasteiger partial charge in [0.25, 0.3) is 11.3 Å². The van der Waals surface area contributed by atoms with Gasteiger partial charge in [-0.1, -0.05) is 0 Å². The fraction of sp³-hybridized carbons (Fsp3) is 0.250. The number of aromatic nitrogens is 4. The second-order valence-electron chi connectivity index (χ2n) is 3.10. The third-order valence-electron chi connectivity index (χ3n) is 1.90. The second-order valence-corrected chi connectivity index (χ2v) is 3.10. The largest absolute Gasteiger partial charge is 0.481 e. The predicted octanol–water partition coefficient (Wildman–Crippen LogP) is -0.647. The van der Waals surface area contributed by atoms with E-state index in [9.17, 15) is 9.59 Å². The topological polar surface area (TPSA) is 100 Å². The molecular formula is C8H8N4O3. The Kier molecular flexibility index (Phi) is 2.00. The first kappa shape index (κ1) is 9.38. The van der Waals surface area contributed by atoms with Crippen molar-refractivity contribution in [2.24, 2.45) is 0 Å². The van der Waals surface area contributed by atoms with Gasteiger partial charge in [0.1, 0.15) is 5.82 Å². The Labute approximate surface area is 83.4 Å². The van der Waals surface area contributed by atoms with Crippen LogP contribution in [0.4, 0.5) is 0 Å². The lowest BCUT2D eigenvalue weighted by molar-refractivity contribution is -0.136. The summed E-state index contributed by atoms with van der Waals surface area (Å²) < 4.78 is 1.13. The number of hydrogen-bond acceptors (Lipinski definition) is 4. The summed E-state index contributed by atoms with van der Waals surface area (Å²) in [4.78, 5) is 29.9. The van der Waals surface area contributed by atoms with E-state index in [1.54, 1.807) is 6.92 Å². The number of carboxylic acid groups (broad SMARTS) is 1. The molecule has 0 saturated heterocycles. The minimum absolute atomic E-state index is 0.128. The van der Waals surface area contributed by atoms with Gasteiger partial charge in [0.05, 0.1) is 6.42 Å². The fourth-order valence-electron chi connectivity index (χ4n) is 1.28. The highest BCUT2D eigenvalue weighted by Crippen LogP contribution is 1.96. The van der Waals surface area contributed by atoms with Gasteiger partial charge in [0.15, 0.2) is 0 Å². The van der Waals surface area contributed by atoms with Crippen LogP contribution in [0.1, 0.15) is 11.4 Å². The zero-order valence-corrected chi connectivity index (χ0v) is 7.89. The number of fused-ring (bicyclic) bond motifs is 1. The van der Waals surface area contributed by atoms with E-state index >= 15 is 0 Å². The summed E-state index contributed by atoms with van der Waals surface area (Å²) in [5, 5.41) is 11.2. The molecule has 2 aromatic heterocycles. The van der Waals surface area contributed by atoms with Crippen LogP contribution in [-0.2, 0) is 11.2 Å². The first-order valence-corrected chi connectivity index (χ1v) is 4.23. The molecule has 78 valence electrons. The number of aliphatic carboxylic acids is 1. The molecule has 0 amide bonds. The lowest BCUT2D eigenvalue weighted by Crippen LogP contribution is -2.21. The van der Waals surface area contributed by atoms with Crippen LogP contribution in [0.3, 0.4) is 0 Å². The molecule has 2 aromatic rings. The van der Waals surface area contributed by atoms with Crippen molar-refractivity contribution in [1.29, 1.82) is 0 Å². The number of nitrogens with zero attached hydrogens (tertiary/aromatic N) is 3. The lowest BCUT2D eigenvalue weighted by Gasteiger charge is -1.95. The molecule has 2 N–H and O–H groups in total. The van der Waals surface area contributed by atoms with Gasteiger partial charge in [-0.2, -0.15) is 9.50 Å². The summed E-state index contributed by atoms with van der Waals surface area (Å²) >= 11 is 0. The minimum Gasteiger partial charge on any atom is -0.481 e. The smallest absolute Gasteiger partial charge is 0.308 e. The minimum atomic E-state index is -1.06. The maximum Gasteiger partial charge on any atom is 0.308 e. The maximum absolute atomic E-state index is 11.7. The molecule has 0 atom stereocenters. The van der Waals surface area contributed by atoms with Gasteiger partial charge in [-0.25, -0.2) is 4.98 Å². The van der Waals surface area contributed by atoms with E-state index in [1.165, 1.54) is 6.20 Å². The van der Waals surface area contributed by atoms with Gasteiger partial charge in [0.2, 0.25) is 0 Å². The Hall–Kier alpha value is -2.18. The normalized spacial score (nSPS) is 10.7. The molecule has 0 radical (unpaired) electrons. The summed E-state index contributed by atoms with van der Waals surface area (Å²) in [6.07, 6.45) is 0.902. The van der Waals surface area contributed by atoms with Crippen LogP contribution in [0, 0.1) is 6.92 Å². The zero-order chi connectivity index (χ0) is 11.0. The van der Waals surface area contributed by atoms with E-state index in [0.29, 0.717) is 5.82 Å². The van der Waals surface area contributed by atoms with E-state index in [0.717, 1.165) is 4.52 Å². The summed E-state index contributed by atoms with van der Waals surface area (Å²) in [5.41, 5.74) is -0.299. The van der Waals surface area contributed by atoms with E-state index < -0.39 is 11.5 Å². The van der Waals surface area contributed by atoms with E-state index in [4.69, 9.17) is 5.11 Å². The SMILES string of the molecule is Cc1nc2ncc(CC(=O)O)c(=O)n2[nH]1. The maximum atomic E-state index is 11.7. The first-order valence-electron chi connectivity index (χ1n) is 4.23. The van der Waals surface area contributed by atoms with Gasteiger partial charge in [-0.3, -0.25) is 14.7 Å². The Bertz CT molecular complexity index is 583. The monoisotopic (exact) mass is 208 g/mol. The molecule has 0 aliphatic heterocycles. The van der Waals surface area contributed by atoms with Gasteiger partial charge < -0.3 is 5.11 Å². The number of H-pyrrole nitrogens is 1. The Morgan fingerprint density at radius 3 is 3.07 bits per heavy atom. The molecule has 7 heteroatoms. The van der Waals surface area contributed by atoms with Crippen molar-refractivity contribution in [3.63, 3.8) is 0 Å². The van der Waals surface area contributed by atoms with Crippen molar-refractivity contribution >= 4 is 11.7 Å². The van der Waals surface area contributed by atoms with E-state index in [1.807, 2.05) is 0 Å². The molecule has 0 aliphatic rings. The molecule has 0 aromatic carbocycles. The van der Waals surface area contributed by atoms with Gasteiger partial charge in [-0.05, 0) is 6.92 Å². The Morgan fingerprint density at radius 2 is 2.40 bits per heavy atom. The zero-order valence-electron chi connectivity index (χ0n) is 7.89. The summed E-state index contributed by atoms with van der Waals surface area (Å²) in [6.45, 7) is 1.69. The highest BCUT2D eigenvalue weighted by molar-refractivity contribution is 5.69. The standard InChI is InChI=1S/C8H8N4O3/c1-4-10-8-9-3-5(2-6(13)14)7(15)12(8)11-4/h3H,2H2,1H3,(H,13,14)(H,9,10,11). The van der Waals surface area contributed by atoms with Crippen molar-refractivity contribution in [2.75, 3.05) is 0 Å². The quantitative estimate of drug-likeness (QED) is 0.683. The fourth-order valence-corrected chi connectivity index (χ4v) is 1.28. The van der Waals surface area contributed by atoms with E-state index in [-0.39, 0.29) is 17.8 Å². The molecule has 0 spiro atoms. The number of carbonyl (C=O) groups is 1. The van der Waals surface area contributed by atoms with Crippen LogP contribution in [0.2, 0.25) is 0 Å². The van der Waals surface area contributed by atoms with Gasteiger partial charge in [-0.15, -0.1) is 0 Å². The number of aryl methyl sites for hydroxylation is 1. The number of aromatic amines is 1. The van der Waals surface area contributed by atoms with E-state index in [2.05, 4.69) is 15.1 Å². The van der Waals surface area contributed by atoms with Crippen LogP contribution in [0.25, 0.3) is 5.78 Å². The van der Waals surface area contributed by atoms with Crippen LogP contribution in [-0.4, -0.2) is 30.7 Å². The first-order chi connectivity index (χ1) is 7.08. The Morgan fingerprint density at radius 1 is 1.67 bits per heavy atom. The molecule has 2 heterocycles. The number of hydrogen-bond donors (Lipinski definition) is 2. The molecule has 0 unspecified atom stereocenters. The number of carboxylic acids is 1. The van der Waals surface area contributed by atoms with Crippen LogP contribution in [0.15, 0.2) is 11.0 Å². The molecule has 0 bridgehead atoms. The van der Waals surface area contributed by atoms with Gasteiger partial charge in [0, 0.05) is 11.8 Å². The summed E-state index contributed by atoms with van der Waals surface area (Å²) in [7, 11) is 0. The van der Waals surface area contributed by atoms with Crippen LogP contribution >= 0.6 is 0 Å². The van der Waals surface area contributed by atoms with Crippen LogP contribution < -0.4 is 5.56 Å². The second kappa shape index (κ2) is 3.19. The highest BCUT2D eigenvalue weighted by atomic mass is 16.4. The average Bonchev–Trinajstić information content (AvgIpc) is 2.51. The molecule has 15 heavy (non-hydrogen) atoms. The number of rotatable bonds is 2. The summed E-state index contributed by atoms with van der Waals surface area (Å²) in [5.74, 6) is -0.274. The van der Waals surface area contributed by atoms with Crippen molar-refractivity contribution in [3.8, 4) is 0 Å². The van der Waals surface area contributed by atoms with Gasteiger partial charge >= 0.3 is 5.97 Å². The van der Waals surface area contributed by atoms with Crippen LogP contribution in [0.5, 0.6) is 0 Å². The molecule has 0 saturated carbocycles. The molecule has 0 aliphatic carbocycles. The molecule has 2 rings (SSSR count). The average molecular weight is 208 g/mol. The third kappa shape index (κ3) is 1.58. The predicted molar refractivity (Wildman–Crippen MR) is 49.7 cm³/mol. The van der Waals surface area contributed by atoms with Crippen molar-refractivity contribution in [1.82, 2.24) is 19.6 Å². The molecular weight excluding hydrogens is 200 g/mol. The van der Waals surface area contributed by atoms with Crippen molar-refractivity contribution < 1.29 is 9.90 Å². The highest BCUT2D eigenvalue weighted by Gasteiger charge is 2.10. The molecule has 7 nitrogen and oxygen atoms in total. The van der Waals surface area contributed by atoms with Crippen molar-refractivity contribution in [2.45, 2.75) is 13.3 Å². The Balaban J connectivity index is 2.64. The third-order valence-corrected chi connectivity index (χ3v) is 1.90. The molecule has 0 fully saturated rings.